The SMILES string of the molecule is Cc1nc(N)c(C)c(Oc2cccnc2C)n1. The Morgan fingerprint density at radius 1 is 1.18 bits per heavy atom. The first-order valence-corrected chi connectivity index (χ1v) is 5.28. The van der Waals surface area contributed by atoms with Gasteiger partial charge in [-0.25, -0.2) is 4.98 Å². The predicted molar refractivity (Wildman–Crippen MR) is 65.0 cm³/mol. The van der Waals surface area contributed by atoms with Crippen molar-refractivity contribution in [1.29, 1.82) is 0 Å². The largest absolute Gasteiger partial charge is 0.437 e. The molecule has 2 rings (SSSR count). The van der Waals surface area contributed by atoms with Crippen molar-refractivity contribution in [3.05, 3.63) is 35.4 Å². The summed E-state index contributed by atoms with van der Waals surface area (Å²) in [6.07, 6.45) is 1.72. The number of pyridine rings is 1. The van der Waals surface area contributed by atoms with Gasteiger partial charge in [0.2, 0.25) is 5.88 Å². The van der Waals surface area contributed by atoms with Gasteiger partial charge in [-0.05, 0) is 32.9 Å². The maximum Gasteiger partial charge on any atom is 0.227 e. The summed E-state index contributed by atoms with van der Waals surface area (Å²) in [6.45, 7) is 5.48. The van der Waals surface area contributed by atoms with Crippen LogP contribution in [-0.4, -0.2) is 15.0 Å². The minimum absolute atomic E-state index is 0.439. The molecule has 0 unspecified atom stereocenters. The van der Waals surface area contributed by atoms with Crippen LogP contribution in [0.4, 0.5) is 5.82 Å². The van der Waals surface area contributed by atoms with Gasteiger partial charge in [0, 0.05) is 6.20 Å². The normalized spacial score (nSPS) is 10.3. The third-order valence-electron chi connectivity index (χ3n) is 2.42. The molecule has 5 heteroatoms. The number of nitrogen functional groups attached to an aromatic ring is 1. The van der Waals surface area contributed by atoms with Crippen LogP contribution in [0.1, 0.15) is 17.1 Å². The van der Waals surface area contributed by atoms with E-state index >= 15 is 0 Å². The van der Waals surface area contributed by atoms with Gasteiger partial charge < -0.3 is 10.5 Å². The summed E-state index contributed by atoms with van der Waals surface area (Å²) < 4.78 is 5.71. The second kappa shape index (κ2) is 4.37. The van der Waals surface area contributed by atoms with Crippen LogP contribution in [0, 0.1) is 20.8 Å². The lowest BCUT2D eigenvalue weighted by Gasteiger charge is -2.10. The third kappa shape index (κ3) is 2.33. The van der Waals surface area contributed by atoms with Gasteiger partial charge in [-0.15, -0.1) is 0 Å². The molecule has 0 radical (unpaired) electrons. The average Bonchev–Trinajstić information content (AvgIpc) is 2.28. The molecule has 0 aromatic carbocycles. The summed E-state index contributed by atoms with van der Waals surface area (Å²) in [5.74, 6) is 2.18. The zero-order chi connectivity index (χ0) is 12.4. The van der Waals surface area contributed by atoms with Gasteiger partial charge in [-0.2, -0.15) is 4.98 Å². The highest BCUT2D eigenvalue weighted by Gasteiger charge is 2.10. The Bertz CT molecular complexity index is 554. The molecule has 2 aromatic rings. The number of aryl methyl sites for hydroxylation is 2. The number of nitrogens with zero attached hydrogens (tertiary/aromatic N) is 3. The monoisotopic (exact) mass is 230 g/mol. The maximum absolute atomic E-state index is 5.77. The average molecular weight is 230 g/mol. The standard InChI is InChI=1S/C12H14N4O/c1-7-11(13)15-9(3)16-12(7)17-10-5-4-6-14-8(10)2/h4-6H,1-3H3,(H2,13,15,16). The number of hydrogen-bond donors (Lipinski definition) is 1. The highest BCUT2D eigenvalue weighted by atomic mass is 16.5. The first-order valence-electron chi connectivity index (χ1n) is 5.28. The Balaban J connectivity index is 2.40. The molecule has 2 heterocycles. The fourth-order valence-corrected chi connectivity index (χ4v) is 1.40. The molecule has 0 amide bonds. The van der Waals surface area contributed by atoms with Crippen molar-refractivity contribution < 1.29 is 4.74 Å². The summed E-state index contributed by atoms with van der Waals surface area (Å²) >= 11 is 0. The summed E-state index contributed by atoms with van der Waals surface area (Å²) in [7, 11) is 0. The lowest BCUT2D eigenvalue weighted by Crippen LogP contribution is -2.03. The quantitative estimate of drug-likeness (QED) is 0.855. The van der Waals surface area contributed by atoms with E-state index in [9.17, 15) is 0 Å². The summed E-state index contributed by atoms with van der Waals surface area (Å²) in [5.41, 5.74) is 7.31. The molecule has 0 atom stereocenters. The molecular weight excluding hydrogens is 216 g/mol. The van der Waals surface area contributed by atoms with E-state index in [2.05, 4.69) is 15.0 Å². The molecule has 88 valence electrons. The van der Waals surface area contributed by atoms with Gasteiger partial charge in [0.15, 0.2) is 5.75 Å². The van der Waals surface area contributed by atoms with Crippen molar-refractivity contribution in [2.75, 3.05) is 5.73 Å². The van der Waals surface area contributed by atoms with E-state index in [4.69, 9.17) is 10.5 Å². The Kier molecular flexibility index (Phi) is 2.91. The van der Waals surface area contributed by atoms with Crippen molar-refractivity contribution in [3.8, 4) is 11.6 Å². The van der Waals surface area contributed by atoms with Crippen LogP contribution in [0.15, 0.2) is 18.3 Å². The minimum Gasteiger partial charge on any atom is -0.437 e. The summed E-state index contributed by atoms with van der Waals surface area (Å²) in [5, 5.41) is 0. The highest BCUT2D eigenvalue weighted by Crippen LogP contribution is 2.26. The van der Waals surface area contributed by atoms with Crippen molar-refractivity contribution in [3.63, 3.8) is 0 Å². The Morgan fingerprint density at radius 2 is 1.94 bits per heavy atom. The van der Waals surface area contributed by atoms with Gasteiger partial charge in [0.05, 0.1) is 11.3 Å². The van der Waals surface area contributed by atoms with Crippen LogP contribution >= 0.6 is 0 Å². The molecule has 0 saturated heterocycles. The van der Waals surface area contributed by atoms with E-state index in [0.29, 0.717) is 23.3 Å². The Labute approximate surface area is 99.7 Å². The first-order chi connectivity index (χ1) is 8.08. The van der Waals surface area contributed by atoms with Gasteiger partial charge in [-0.3, -0.25) is 4.98 Å². The summed E-state index contributed by atoms with van der Waals surface area (Å²) in [4.78, 5) is 12.4. The Morgan fingerprint density at radius 3 is 2.65 bits per heavy atom. The fraction of sp³-hybridized carbons (Fsp3) is 0.250. The van der Waals surface area contributed by atoms with Crippen molar-refractivity contribution in [2.45, 2.75) is 20.8 Å². The minimum atomic E-state index is 0.439. The van der Waals surface area contributed by atoms with Crippen LogP contribution in [0.25, 0.3) is 0 Å². The lowest BCUT2D eigenvalue weighted by molar-refractivity contribution is 0.450. The van der Waals surface area contributed by atoms with Crippen LogP contribution in [0.5, 0.6) is 11.6 Å². The molecule has 2 aromatic heterocycles. The molecular formula is C12H14N4O. The van der Waals surface area contributed by atoms with Crippen LogP contribution in [-0.2, 0) is 0 Å². The number of nitrogens with two attached hydrogens (primary N) is 1. The van der Waals surface area contributed by atoms with E-state index in [1.54, 1.807) is 13.1 Å². The fourth-order valence-electron chi connectivity index (χ4n) is 1.40. The van der Waals surface area contributed by atoms with E-state index in [0.717, 1.165) is 11.3 Å². The number of aromatic nitrogens is 3. The van der Waals surface area contributed by atoms with Gasteiger partial charge in [0.25, 0.3) is 0 Å². The molecule has 0 aliphatic carbocycles. The molecule has 0 saturated carbocycles. The number of ether oxygens (including phenoxy) is 1. The predicted octanol–water partition coefficient (Wildman–Crippen LogP) is 2.17. The van der Waals surface area contributed by atoms with Crippen molar-refractivity contribution in [2.24, 2.45) is 0 Å². The molecule has 0 aliphatic heterocycles. The highest BCUT2D eigenvalue weighted by molar-refractivity contribution is 5.46. The summed E-state index contributed by atoms with van der Waals surface area (Å²) in [6, 6.07) is 3.66. The number of hydrogen-bond acceptors (Lipinski definition) is 5. The van der Waals surface area contributed by atoms with E-state index in [-0.39, 0.29) is 0 Å². The molecule has 17 heavy (non-hydrogen) atoms. The smallest absolute Gasteiger partial charge is 0.227 e. The Hall–Kier alpha value is -2.17. The molecule has 0 aliphatic rings. The van der Waals surface area contributed by atoms with Crippen LogP contribution in [0.3, 0.4) is 0 Å². The molecule has 2 N–H and O–H groups in total. The third-order valence-corrected chi connectivity index (χ3v) is 2.42. The van der Waals surface area contributed by atoms with Crippen LogP contribution < -0.4 is 10.5 Å². The molecule has 0 bridgehead atoms. The number of anilines is 1. The van der Waals surface area contributed by atoms with Gasteiger partial charge >= 0.3 is 0 Å². The first kappa shape index (κ1) is 11.3. The molecule has 0 spiro atoms. The molecule has 0 fully saturated rings. The van der Waals surface area contributed by atoms with E-state index in [1.165, 1.54) is 0 Å². The molecule has 5 nitrogen and oxygen atoms in total. The van der Waals surface area contributed by atoms with Crippen LogP contribution in [0.2, 0.25) is 0 Å². The zero-order valence-corrected chi connectivity index (χ0v) is 10.1. The maximum atomic E-state index is 5.77. The lowest BCUT2D eigenvalue weighted by atomic mass is 10.3. The van der Waals surface area contributed by atoms with Crippen molar-refractivity contribution in [1.82, 2.24) is 15.0 Å². The van der Waals surface area contributed by atoms with Crippen molar-refractivity contribution >= 4 is 5.82 Å². The van der Waals surface area contributed by atoms with E-state index < -0.39 is 0 Å². The second-order valence-corrected chi connectivity index (χ2v) is 3.78. The van der Waals surface area contributed by atoms with Gasteiger partial charge in [0.1, 0.15) is 11.6 Å². The second-order valence-electron chi connectivity index (χ2n) is 3.78. The number of rotatable bonds is 2. The zero-order valence-electron chi connectivity index (χ0n) is 10.1. The van der Waals surface area contributed by atoms with Gasteiger partial charge in [-0.1, -0.05) is 0 Å². The topological polar surface area (TPSA) is 73.9 Å². The van der Waals surface area contributed by atoms with E-state index in [1.807, 2.05) is 26.0 Å².